The van der Waals surface area contributed by atoms with Crippen molar-refractivity contribution in [2.24, 2.45) is 5.92 Å². The Morgan fingerprint density at radius 2 is 1.54 bits per heavy atom. The Kier molecular flexibility index (Phi) is 18.9. The first-order chi connectivity index (χ1) is 25.6. The number of methoxy groups -OCH3 is 1. The highest BCUT2D eigenvalue weighted by Crippen LogP contribution is 2.37. The minimum Gasteiger partial charge on any atom is -0.497 e. The maximum absolute atomic E-state index is 5.40. The molecule has 0 fully saturated rings. The number of hydrogen-bond acceptors (Lipinski definition) is 3. The summed E-state index contributed by atoms with van der Waals surface area (Å²) in [5, 5.41) is 5.44. The van der Waals surface area contributed by atoms with Crippen LogP contribution in [0.5, 0.6) is 0 Å². The van der Waals surface area contributed by atoms with Gasteiger partial charge in [-0.3, -0.25) is 0 Å². The maximum Gasteiger partial charge on any atom is 0.115 e. The third-order valence-electron chi connectivity index (χ3n) is 8.20. The van der Waals surface area contributed by atoms with Crippen LogP contribution in [0.25, 0.3) is 22.4 Å². The van der Waals surface area contributed by atoms with E-state index in [2.05, 4.69) is 175 Å². The van der Waals surface area contributed by atoms with Crippen molar-refractivity contribution >= 4 is 33.8 Å². The van der Waals surface area contributed by atoms with Gasteiger partial charge in [-0.2, -0.15) is 0 Å². The largest absolute Gasteiger partial charge is 0.497 e. The molecule has 0 aromatic heterocycles. The van der Waals surface area contributed by atoms with Crippen molar-refractivity contribution in [2.45, 2.75) is 47.5 Å². The van der Waals surface area contributed by atoms with Crippen LogP contribution >= 0.6 is 0 Å². The van der Waals surface area contributed by atoms with Crippen LogP contribution in [0.15, 0.2) is 181 Å². The maximum atomic E-state index is 5.40. The van der Waals surface area contributed by atoms with Crippen LogP contribution in [0.1, 0.15) is 58.6 Å². The molecule has 0 saturated heterocycles. The second kappa shape index (κ2) is 23.9. The van der Waals surface area contributed by atoms with E-state index < -0.39 is 0 Å². The molecule has 0 radical (unpaired) electrons. The van der Waals surface area contributed by atoms with Gasteiger partial charge in [0.1, 0.15) is 5.76 Å². The summed E-state index contributed by atoms with van der Waals surface area (Å²) in [4.78, 5) is 2.38. The fraction of sp³-hybridized carbons (Fsp3) is 0.224. The van der Waals surface area contributed by atoms with Gasteiger partial charge in [-0.25, -0.2) is 0 Å². The Morgan fingerprint density at radius 1 is 0.808 bits per heavy atom. The number of allylic oxidation sites excluding steroid dienone is 12. The monoisotopic (exact) mass is 690 g/mol. The normalized spacial score (nSPS) is 13.7. The Balaban J connectivity index is 0.000000827. The van der Waals surface area contributed by atoms with E-state index in [0.717, 1.165) is 36.5 Å². The highest BCUT2D eigenvalue weighted by molar-refractivity contribution is 5.97. The predicted octanol–water partition coefficient (Wildman–Crippen LogP) is 13.4. The third kappa shape index (κ3) is 13.1. The van der Waals surface area contributed by atoms with E-state index in [1.54, 1.807) is 7.11 Å². The lowest BCUT2D eigenvalue weighted by Crippen LogP contribution is -2.15. The predicted molar refractivity (Wildman–Crippen MR) is 231 cm³/mol. The van der Waals surface area contributed by atoms with Crippen molar-refractivity contribution in [1.82, 2.24) is 5.32 Å². The fourth-order valence-electron chi connectivity index (χ4n) is 5.68. The van der Waals surface area contributed by atoms with Crippen LogP contribution in [-0.4, -0.2) is 20.7 Å². The molecule has 1 aliphatic rings. The molecule has 3 nitrogen and oxygen atoms in total. The lowest BCUT2D eigenvalue weighted by molar-refractivity contribution is 0.304. The first kappa shape index (κ1) is 41.0. The van der Waals surface area contributed by atoms with Crippen LogP contribution in [0.2, 0.25) is 0 Å². The minimum absolute atomic E-state index is 0.306. The number of rotatable bonds is 13. The molecule has 0 heterocycles. The van der Waals surface area contributed by atoms with E-state index in [1.165, 1.54) is 33.2 Å². The van der Waals surface area contributed by atoms with Crippen LogP contribution in [0.4, 0.5) is 11.4 Å². The number of nitrogens with zero attached hydrogens (tertiary/aromatic N) is 1. The molecule has 52 heavy (non-hydrogen) atoms. The third-order valence-corrected chi connectivity index (χ3v) is 8.20. The quantitative estimate of drug-likeness (QED) is 0.0858. The molecule has 0 amide bonds. The summed E-state index contributed by atoms with van der Waals surface area (Å²) in [6, 6.07) is 34.6. The van der Waals surface area contributed by atoms with Crippen LogP contribution in [0.3, 0.4) is 0 Å². The summed E-state index contributed by atoms with van der Waals surface area (Å²) in [6.45, 7) is 11.2. The Morgan fingerprint density at radius 3 is 2.23 bits per heavy atom. The first-order valence-corrected chi connectivity index (χ1v) is 18.6. The fourth-order valence-corrected chi connectivity index (χ4v) is 5.68. The number of hydrogen-bond donors (Lipinski definition) is 1. The number of benzene rings is 4. The van der Waals surface area contributed by atoms with Gasteiger partial charge in [0.2, 0.25) is 0 Å². The van der Waals surface area contributed by atoms with Gasteiger partial charge in [0.05, 0.1) is 12.8 Å². The van der Waals surface area contributed by atoms with Gasteiger partial charge >= 0.3 is 0 Å². The number of anilines is 2. The number of likely N-dealkylation sites (N-methyl/N-ethyl adjacent to an activating group) is 1. The van der Waals surface area contributed by atoms with Crippen LogP contribution in [0, 0.1) is 5.92 Å². The molecule has 1 N–H and O–H groups in total. The molecular weight excluding hydrogens is 633 g/mol. The average molecular weight is 691 g/mol. The Bertz CT molecular complexity index is 1860. The average Bonchev–Trinajstić information content (AvgIpc) is 3.45. The van der Waals surface area contributed by atoms with Crippen LogP contribution < -0.4 is 10.2 Å². The van der Waals surface area contributed by atoms with E-state index in [0.29, 0.717) is 5.92 Å². The second-order valence-electron chi connectivity index (χ2n) is 12.0. The van der Waals surface area contributed by atoms with E-state index >= 15 is 0 Å². The summed E-state index contributed by atoms with van der Waals surface area (Å²) >= 11 is 0. The second-order valence-corrected chi connectivity index (χ2v) is 12.0. The molecule has 1 unspecified atom stereocenters. The van der Waals surface area contributed by atoms with Crippen molar-refractivity contribution in [3.8, 4) is 0 Å². The SMILES string of the molecule is C/C=C\C(=C/C(C)/C=C/C/C=C/c1ccc(N(C2=CCC=C(c3ccccc3)C=C2)c2cccc3ccccc23)cc1)OC.C/C=C\CNC.CC. The van der Waals surface area contributed by atoms with Gasteiger partial charge < -0.3 is 15.0 Å². The van der Waals surface area contributed by atoms with Gasteiger partial charge in [-0.05, 0) is 98.2 Å². The van der Waals surface area contributed by atoms with E-state index in [-0.39, 0.29) is 0 Å². The molecule has 4 aromatic carbocycles. The molecule has 0 spiro atoms. The standard InChI is InChI=1S/C42H41NO.C5H11N.C2H6/c1-4-15-40(44-3)32-33(2)16-7-5-8-17-34-26-29-39(30-27-34)43(42-25-14-22-37-20-11-12-24-41(37)42)38-23-13-21-36(28-31-38)35-18-9-6-10-19-35;1-3-4-5-6-2;1-2/h4,6-12,14-33H,5,13H2,1-3H3;3-4,6H,5H2,1-2H3;1-2H3/b15-4-,16-7+,17-8+,40-32+;4-3-;. The summed E-state index contributed by atoms with van der Waals surface area (Å²) in [5.41, 5.74) is 7.12. The Labute approximate surface area is 314 Å². The number of nitrogens with one attached hydrogen (secondary N) is 1. The van der Waals surface area contributed by atoms with Crippen molar-refractivity contribution in [3.05, 3.63) is 193 Å². The lowest BCUT2D eigenvalue weighted by Gasteiger charge is -2.28. The van der Waals surface area contributed by atoms with E-state index in [1.807, 2.05) is 53.0 Å². The highest BCUT2D eigenvalue weighted by atomic mass is 16.5. The summed E-state index contributed by atoms with van der Waals surface area (Å²) in [6.07, 6.45) is 29.9. The van der Waals surface area contributed by atoms with Crippen molar-refractivity contribution < 1.29 is 4.74 Å². The minimum atomic E-state index is 0.306. The number of ether oxygens (including phenoxy) is 1. The van der Waals surface area contributed by atoms with E-state index in [9.17, 15) is 0 Å². The van der Waals surface area contributed by atoms with Crippen molar-refractivity contribution in [1.29, 1.82) is 0 Å². The molecule has 4 aromatic rings. The molecule has 1 aliphatic carbocycles. The Hall–Kier alpha value is -5.38. The van der Waals surface area contributed by atoms with E-state index in [4.69, 9.17) is 4.74 Å². The molecular formula is C49H58N2O. The first-order valence-electron chi connectivity index (χ1n) is 18.6. The molecule has 3 heteroatoms. The van der Waals surface area contributed by atoms with Gasteiger partial charge in [-0.1, -0.05) is 160 Å². The molecule has 270 valence electrons. The van der Waals surface area contributed by atoms with Crippen molar-refractivity contribution in [3.63, 3.8) is 0 Å². The highest BCUT2D eigenvalue weighted by Gasteiger charge is 2.17. The van der Waals surface area contributed by atoms with Gasteiger partial charge in [0, 0.05) is 23.3 Å². The summed E-state index contributed by atoms with van der Waals surface area (Å²) in [7, 11) is 3.64. The van der Waals surface area contributed by atoms with Gasteiger partial charge in [0.15, 0.2) is 0 Å². The van der Waals surface area contributed by atoms with Gasteiger partial charge in [-0.15, -0.1) is 0 Å². The van der Waals surface area contributed by atoms with Crippen molar-refractivity contribution in [2.75, 3.05) is 25.6 Å². The molecule has 1 atom stereocenters. The lowest BCUT2D eigenvalue weighted by atomic mass is 10.0. The van der Waals surface area contributed by atoms with Gasteiger partial charge in [0.25, 0.3) is 0 Å². The smallest absolute Gasteiger partial charge is 0.115 e. The number of fused-ring (bicyclic) bond motifs is 1. The zero-order valence-electron chi connectivity index (χ0n) is 32.3. The zero-order valence-corrected chi connectivity index (χ0v) is 32.3. The summed E-state index contributed by atoms with van der Waals surface area (Å²) in [5.74, 6) is 1.20. The molecule has 0 bridgehead atoms. The topological polar surface area (TPSA) is 24.5 Å². The zero-order chi connectivity index (χ0) is 37.4. The summed E-state index contributed by atoms with van der Waals surface area (Å²) < 4.78 is 5.40. The molecule has 0 aliphatic heterocycles. The molecule has 5 rings (SSSR count). The van der Waals surface area contributed by atoms with Crippen LogP contribution in [-0.2, 0) is 4.74 Å². The molecule has 0 saturated carbocycles.